The average Bonchev–Trinajstić information content (AvgIpc) is 2.34. The van der Waals surface area contributed by atoms with Crippen LogP contribution in [0.4, 0.5) is 5.82 Å². The Bertz CT molecular complexity index is 541. The van der Waals surface area contributed by atoms with Crippen LogP contribution in [0.2, 0.25) is 0 Å². The summed E-state index contributed by atoms with van der Waals surface area (Å²) >= 11 is 0. The van der Waals surface area contributed by atoms with E-state index < -0.39 is 0 Å². The summed E-state index contributed by atoms with van der Waals surface area (Å²) in [5, 5.41) is 0. The van der Waals surface area contributed by atoms with Crippen LogP contribution in [0, 0.1) is 0 Å². The SMILES string of the molecule is Nc1cc(OC2COC2)nc(-c2ccccc2)n1. The van der Waals surface area contributed by atoms with Crippen LogP contribution in [0.3, 0.4) is 0 Å². The highest BCUT2D eigenvalue weighted by molar-refractivity contribution is 5.57. The van der Waals surface area contributed by atoms with E-state index >= 15 is 0 Å². The maximum atomic E-state index is 5.77. The van der Waals surface area contributed by atoms with Gasteiger partial charge in [0.25, 0.3) is 0 Å². The highest BCUT2D eigenvalue weighted by Gasteiger charge is 2.21. The van der Waals surface area contributed by atoms with Gasteiger partial charge in [0.1, 0.15) is 11.9 Å². The van der Waals surface area contributed by atoms with Crippen molar-refractivity contribution in [3.05, 3.63) is 36.4 Å². The highest BCUT2D eigenvalue weighted by atomic mass is 16.6. The lowest BCUT2D eigenvalue weighted by molar-refractivity contribution is -0.0813. The number of benzene rings is 1. The second-order valence-electron chi connectivity index (χ2n) is 4.10. The zero-order valence-corrected chi connectivity index (χ0v) is 9.74. The zero-order chi connectivity index (χ0) is 12.4. The van der Waals surface area contributed by atoms with Crippen LogP contribution in [0.15, 0.2) is 36.4 Å². The van der Waals surface area contributed by atoms with Gasteiger partial charge in [-0.2, -0.15) is 4.98 Å². The molecule has 92 valence electrons. The van der Waals surface area contributed by atoms with Crippen LogP contribution in [0.5, 0.6) is 5.88 Å². The molecule has 0 radical (unpaired) electrons. The Morgan fingerprint density at radius 1 is 1.17 bits per heavy atom. The van der Waals surface area contributed by atoms with E-state index in [2.05, 4.69) is 9.97 Å². The van der Waals surface area contributed by atoms with E-state index in [4.69, 9.17) is 15.2 Å². The van der Waals surface area contributed by atoms with Crippen molar-refractivity contribution in [3.8, 4) is 17.3 Å². The fourth-order valence-corrected chi connectivity index (χ4v) is 1.67. The van der Waals surface area contributed by atoms with E-state index in [-0.39, 0.29) is 6.10 Å². The van der Waals surface area contributed by atoms with Crippen molar-refractivity contribution in [1.82, 2.24) is 9.97 Å². The molecule has 0 amide bonds. The van der Waals surface area contributed by atoms with E-state index in [9.17, 15) is 0 Å². The fraction of sp³-hybridized carbons (Fsp3) is 0.231. The van der Waals surface area contributed by atoms with Crippen LogP contribution in [0.25, 0.3) is 11.4 Å². The van der Waals surface area contributed by atoms with Gasteiger partial charge in [-0.25, -0.2) is 4.98 Å². The Balaban J connectivity index is 1.90. The minimum Gasteiger partial charge on any atom is -0.469 e. The van der Waals surface area contributed by atoms with Crippen LogP contribution in [-0.4, -0.2) is 29.3 Å². The first-order valence-electron chi connectivity index (χ1n) is 5.75. The van der Waals surface area contributed by atoms with Crippen molar-refractivity contribution < 1.29 is 9.47 Å². The number of nitrogens with two attached hydrogens (primary N) is 1. The standard InChI is InChI=1S/C13H13N3O2/c14-11-6-12(18-10-7-17-8-10)16-13(15-11)9-4-2-1-3-5-9/h1-6,10H,7-8H2,(H2,14,15,16). The predicted molar refractivity (Wildman–Crippen MR) is 67.1 cm³/mol. The van der Waals surface area contributed by atoms with Crippen LogP contribution < -0.4 is 10.5 Å². The van der Waals surface area contributed by atoms with Gasteiger partial charge in [0.05, 0.1) is 13.2 Å². The fourth-order valence-electron chi connectivity index (χ4n) is 1.67. The monoisotopic (exact) mass is 243 g/mol. The number of nitrogens with zero attached hydrogens (tertiary/aromatic N) is 2. The molecule has 0 saturated carbocycles. The maximum absolute atomic E-state index is 5.77. The number of hydrogen-bond donors (Lipinski definition) is 1. The molecular formula is C13H13N3O2. The summed E-state index contributed by atoms with van der Waals surface area (Å²) in [6, 6.07) is 11.3. The van der Waals surface area contributed by atoms with Gasteiger partial charge in [-0.15, -0.1) is 0 Å². The Labute approximate surface area is 105 Å². The Morgan fingerprint density at radius 2 is 1.94 bits per heavy atom. The van der Waals surface area contributed by atoms with Gasteiger partial charge in [-0.3, -0.25) is 0 Å². The van der Waals surface area contributed by atoms with Gasteiger partial charge in [-0.1, -0.05) is 30.3 Å². The molecule has 0 aliphatic carbocycles. The molecule has 3 rings (SSSR count). The molecule has 2 N–H and O–H groups in total. The van der Waals surface area contributed by atoms with Crippen molar-refractivity contribution in [3.63, 3.8) is 0 Å². The quantitative estimate of drug-likeness (QED) is 0.884. The number of nitrogen functional groups attached to an aromatic ring is 1. The summed E-state index contributed by atoms with van der Waals surface area (Å²) in [6.07, 6.45) is 0.0722. The molecular weight excluding hydrogens is 230 g/mol. The van der Waals surface area contributed by atoms with E-state index in [1.807, 2.05) is 30.3 Å². The molecule has 18 heavy (non-hydrogen) atoms. The third-order valence-corrected chi connectivity index (χ3v) is 2.65. The molecule has 1 fully saturated rings. The minimum absolute atomic E-state index is 0.0722. The third-order valence-electron chi connectivity index (χ3n) is 2.65. The molecule has 1 aliphatic heterocycles. The van der Waals surface area contributed by atoms with E-state index in [0.29, 0.717) is 30.7 Å². The molecule has 0 unspecified atom stereocenters. The highest BCUT2D eigenvalue weighted by Crippen LogP contribution is 2.21. The van der Waals surface area contributed by atoms with Gasteiger partial charge in [0.2, 0.25) is 5.88 Å². The average molecular weight is 243 g/mol. The van der Waals surface area contributed by atoms with Crippen molar-refractivity contribution >= 4 is 5.82 Å². The molecule has 1 aromatic carbocycles. The first-order valence-corrected chi connectivity index (χ1v) is 5.75. The smallest absolute Gasteiger partial charge is 0.219 e. The number of hydrogen-bond acceptors (Lipinski definition) is 5. The van der Waals surface area contributed by atoms with Crippen LogP contribution in [0.1, 0.15) is 0 Å². The van der Waals surface area contributed by atoms with Gasteiger partial charge < -0.3 is 15.2 Å². The first-order chi connectivity index (χ1) is 8.81. The molecule has 1 saturated heterocycles. The van der Waals surface area contributed by atoms with Crippen molar-refractivity contribution in [2.75, 3.05) is 18.9 Å². The summed E-state index contributed by atoms with van der Waals surface area (Å²) in [5.74, 6) is 1.47. The van der Waals surface area contributed by atoms with Crippen LogP contribution >= 0.6 is 0 Å². The van der Waals surface area contributed by atoms with Gasteiger partial charge in [0.15, 0.2) is 5.82 Å². The van der Waals surface area contributed by atoms with Crippen LogP contribution in [-0.2, 0) is 4.74 Å². The molecule has 2 aromatic rings. The Morgan fingerprint density at radius 3 is 2.61 bits per heavy atom. The Hall–Kier alpha value is -2.14. The lowest BCUT2D eigenvalue weighted by Crippen LogP contribution is -2.38. The molecule has 5 nitrogen and oxygen atoms in total. The number of aromatic nitrogens is 2. The maximum Gasteiger partial charge on any atom is 0.219 e. The van der Waals surface area contributed by atoms with Crippen molar-refractivity contribution in [1.29, 1.82) is 0 Å². The van der Waals surface area contributed by atoms with E-state index in [1.54, 1.807) is 6.07 Å². The molecule has 0 atom stereocenters. The van der Waals surface area contributed by atoms with Gasteiger partial charge in [-0.05, 0) is 0 Å². The lowest BCUT2D eigenvalue weighted by Gasteiger charge is -2.26. The first kappa shape index (κ1) is 11.0. The van der Waals surface area contributed by atoms with E-state index in [0.717, 1.165) is 5.56 Å². The second kappa shape index (κ2) is 4.62. The minimum atomic E-state index is 0.0722. The molecule has 1 aromatic heterocycles. The number of anilines is 1. The predicted octanol–water partition coefficient (Wildman–Crippen LogP) is 1.50. The topological polar surface area (TPSA) is 70.3 Å². The van der Waals surface area contributed by atoms with E-state index in [1.165, 1.54) is 0 Å². The number of ether oxygens (including phenoxy) is 2. The normalized spacial score (nSPS) is 15.1. The second-order valence-corrected chi connectivity index (χ2v) is 4.10. The molecule has 0 spiro atoms. The lowest BCUT2D eigenvalue weighted by atomic mass is 10.2. The van der Waals surface area contributed by atoms with Crippen molar-refractivity contribution in [2.45, 2.75) is 6.10 Å². The zero-order valence-electron chi connectivity index (χ0n) is 9.74. The summed E-state index contributed by atoms with van der Waals surface area (Å²) in [5.41, 5.74) is 6.69. The summed E-state index contributed by atoms with van der Waals surface area (Å²) in [7, 11) is 0. The summed E-state index contributed by atoms with van der Waals surface area (Å²) < 4.78 is 10.7. The summed E-state index contributed by atoms with van der Waals surface area (Å²) in [6.45, 7) is 1.20. The molecule has 2 heterocycles. The Kier molecular flexibility index (Phi) is 2.82. The molecule has 5 heteroatoms. The number of rotatable bonds is 3. The third kappa shape index (κ3) is 2.26. The molecule has 1 aliphatic rings. The largest absolute Gasteiger partial charge is 0.469 e. The van der Waals surface area contributed by atoms with Crippen molar-refractivity contribution in [2.24, 2.45) is 0 Å². The van der Waals surface area contributed by atoms with Gasteiger partial charge in [0, 0.05) is 11.6 Å². The van der Waals surface area contributed by atoms with Gasteiger partial charge >= 0.3 is 0 Å². The summed E-state index contributed by atoms with van der Waals surface area (Å²) in [4.78, 5) is 8.57. The molecule has 0 bridgehead atoms.